The van der Waals surface area contributed by atoms with Gasteiger partial charge in [0.2, 0.25) is 5.89 Å². The van der Waals surface area contributed by atoms with Gasteiger partial charge in [0.15, 0.2) is 0 Å². The standard InChI is InChI=1S/C11H8Cl2N2OS/c1-7(12)6-17-11-15-14-10(16-11)8-2-4-9(13)5-3-8/h2-5H,1,6H2. The molecule has 0 aliphatic rings. The Balaban J connectivity index is 2.12. The van der Waals surface area contributed by atoms with Crippen molar-refractivity contribution in [2.45, 2.75) is 5.22 Å². The van der Waals surface area contributed by atoms with Gasteiger partial charge in [-0.2, -0.15) is 0 Å². The first-order valence-corrected chi connectivity index (χ1v) is 6.45. The van der Waals surface area contributed by atoms with E-state index in [2.05, 4.69) is 16.8 Å². The zero-order chi connectivity index (χ0) is 12.3. The molecule has 2 aromatic rings. The van der Waals surface area contributed by atoms with Crippen LogP contribution < -0.4 is 0 Å². The van der Waals surface area contributed by atoms with Crippen molar-refractivity contribution in [3.63, 3.8) is 0 Å². The number of halogens is 2. The molecule has 3 nitrogen and oxygen atoms in total. The number of rotatable bonds is 4. The molecule has 0 saturated heterocycles. The smallest absolute Gasteiger partial charge is 0.277 e. The van der Waals surface area contributed by atoms with Gasteiger partial charge in [-0.3, -0.25) is 0 Å². The molecule has 0 fully saturated rings. The van der Waals surface area contributed by atoms with Crippen LogP contribution in [0.15, 0.2) is 45.5 Å². The highest BCUT2D eigenvalue weighted by molar-refractivity contribution is 7.99. The maximum Gasteiger partial charge on any atom is 0.277 e. The topological polar surface area (TPSA) is 38.9 Å². The van der Waals surface area contributed by atoms with E-state index in [0.29, 0.717) is 26.9 Å². The van der Waals surface area contributed by atoms with E-state index in [1.807, 2.05) is 12.1 Å². The molecule has 0 saturated carbocycles. The third-order valence-corrected chi connectivity index (χ3v) is 3.30. The SMILES string of the molecule is C=C(Cl)CSc1nnc(-c2ccc(Cl)cc2)o1. The third-order valence-electron chi connectivity index (χ3n) is 1.85. The van der Waals surface area contributed by atoms with Crippen LogP contribution in [0.25, 0.3) is 11.5 Å². The van der Waals surface area contributed by atoms with Crippen molar-refractivity contribution in [2.75, 3.05) is 5.75 Å². The lowest BCUT2D eigenvalue weighted by atomic mass is 10.2. The van der Waals surface area contributed by atoms with E-state index >= 15 is 0 Å². The maximum absolute atomic E-state index is 5.79. The van der Waals surface area contributed by atoms with Gasteiger partial charge in [-0.15, -0.1) is 10.2 Å². The van der Waals surface area contributed by atoms with Gasteiger partial charge < -0.3 is 4.42 Å². The summed E-state index contributed by atoms with van der Waals surface area (Å²) in [5.74, 6) is 1.01. The second-order valence-corrected chi connectivity index (χ2v) is 5.08. The normalized spacial score (nSPS) is 10.5. The fourth-order valence-corrected chi connectivity index (χ4v) is 1.92. The van der Waals surface area contributed by atoms with E-state index in [0.717, 1.165) is 5.56 Å². The Labute approximate surface area is 113 Å². The van der Waals surface area contributed by atoms with E-state index < -0.39 is 0 Å². The number of nitrogens with zero attached hydrogens (tertiary/aromatic N) is 2. The van der Waals surface area contributed by atoms with Crippen LogP contribution in [0.2, 0.25) is 5.02 Å². The summed E-state index contributed by atoms with van der Waals surface area (Å²) in [4.78, 5) is 0. The lowest BCUT2D eigenvalue weighted by Gasteiger charge is -1.94. The summed E-state index contributed by atoms with van der Waals surface area (Å²) in [5, 5.41) is 9.52. The summed E-state index contributed by atoms with van der Waals surface area (Å²) in [6.07, 6.45) is 0. The number of hydrogen-bond donors (Lipinski definition) is 0. The van der Waals surface area contributed by atoms with Crippen LogP contribution in [0.5, 0.6) is 0 Å². The van der Waals surface area contributed by atoms with E-state index in [9.17, 15) is 0 Å². The number of aromatic nitrogens is 2. The Morgan fingerprint density at radius 2 is 2.00 bits per heavy atom. The van der Waals surface area contributed by atoms with Crippen LogP contribution in [0.1, 0.15) is 0 Å². The lowest BCUT2D eigenvalue weighted by Crippen LogP contribution is -1.77. The van der Waals surface area contributed by atoms with Crippen LogP contribution in [0, 0.1) is 0 Å². The molecule has 88 valence electrons. The van der Waals surface area contributed by atoms with Gasteiger partial charge in [0.25, 0.3) is 5.22 Å². The molecular formula is C11H8Cl2N2OS. The van der Waals surface area contributed by atoms with Crippen molar-refractivity contribution in [3.8, 4) is 11.5 Å². The zero-order valence-electron chi connectivity index (χ0n) is 8.69. The summed E-state index contributed by atoms with van der Waals surface area (Å²) in [6, 6.07) is 7.19. The molecule has 0 aliphatic heterocycles. The summed E-state index contributed by atoms with van der Waals surface area (Å²) in [6.45, 7) is 3.58. The van der Waals surface area contributed by atoms with Gasteiger partial charge in [0.1, 0.15) is 0 Å². The Morgan fingerprint density at radius 3 is 2.65 bits per heavy atom. The van der Waals surface area contributed by atoms with Gasteiger partial charge in [-0.25, -0.2) is 0 Å². The Hall–Kier alpha value is -0.970. The van der Waals surface area contributed by atoms with Crippen LogP contribution in [-0.2, 0) is 0 Å². The molecule has 2 rings (SSSR count). The molecule has 0 radical (unpaired) electrons. The van der Waals surface area contributed by atoms with Crippen molar-refractivity contribution in [3.05, 3.63) is 40.9 Å². The molecule has 0 spiro atoms. The first-order chi connectivity index (χ1) is 8.15. The number of hydrogen-bond acceptors (Lipinski definition) is 4. The summed E-state index contributed by atoms with van der Waals surface area (Å²) >= 11 is 12.8. The van der Waals surface area contributed by atoms with Gasteiger partial charge in [-0.1, -0.05) is 41.5 Å². The molecule has 1 heterocycles. The summed E-state index contributed by atoms with van der Waals surface area (Å²) in [5.41, 5.74) is 0.832. The van der Waals surface area contributed by atoms with Crippen molar-refractivity contribution < 1.29 is 4.42 Å². The van der Waals surface area contributed by atoms with Gasteiger partial charge in [-0.05, 0) is 24.3 Å². The van der Waals surface area contributed by atoms with Crippen LogP contribution in [0.3, 0.4) is 0 Å². The Morgan fingerprint density at radius 1 is 1.29 bits per heavy atom. The predicted molar refractivity (Wildman–Crippen MR) is 70.5 cm³/mol. The van der Waals surface area contributed by atoms with Gasteiger partial charge >= 0.3 is 0 Å². The van der Waals surface area contributed by atoms with E-state index in [-0.39, 0.29) is 0 Å². The Kier molecular flexibility index (Phi) is 4.10. The first-order valence-electron chi connectivity index (χ1n) is 4.70. The fourth-order valence-electron chi connectivity index (χ4n) is 1.12. The van der Waals surface area contributed by atoms with Crippen molar-refractivity contribution >= 4 is 35.0 Å². The number of benzene rings is 1. The van der Waals surface area contributed by atoms with Crippen LogP contribution >= 0.6 is 35.0 Å². The quantitative estimate of drug-likeness (QED) is 0.789. The molecular weight excluding hydrogens is 279 g/mol. The molecule has 1 aromatic carbocycles. The largest absolute Gasteiger partial charge is 0.411 e. The highest BCUT2D eigenvalue weighted by Crippen LogP contribution is 2.25. The molecule has 1 aromatic heterocycles. The highest BCUT2D eigenvalue weighted by Gasteiger charge is 2.08. The molecule has 0 aliphatic carbocycles. The molecule has 0 unspecified atom stereocenters. The predicted octanol–water partition coefficient (Wildman–Crippen LogP) is 4.23. The number of thioether (sulfide) groups is 1. The third kappa shape index (κ3) is 3.49. The molecule has 0 atom stereocenters. The van der Waals surface area contributed by atoms with Gasteiger partial charge in [0.05, 0.1) is 0 Å². The van der Waals surface area contributed by atoms with Crippen molar-refractivity contribution in [1.82, 2.24) is 10.2 Å². The van der Waals surface area contributed by atoms with Crippen LogP contribution in [0.4, 0.5) is 0 Å². The molecule has 0 amide bonds. The second-order valence-electron chi connectivity index (χ2n) is 3.19. The minimum Gasteiger partial charge on any atom is -0.411 e. The molecule has 17 heavy (non-hydrogen) atoms. The Bertz CT molecular complexity index is 525. The minimum atomic E-state index is 0.462. The van der Waals surface area contributed by atoms with Crippen molar-refractivity contribution in [1.29, 1.82) is 0 Å². The first kappa shape index (κ1) is 12.5. The monoisotopic (exact) mass is 286 g/mol. The zero-order valence-corrected chi connectivity index (χ0v) is 11.0. The molecule has 0 bridgehead atoms. The van der Waals surface area contributed by atoms with Crippen LogP contribution in [-0.4, -0.2) is 16.0 Å². The van der Waals surface area contributed by atoms with E-state index in [1.54, 1.807) is 12.1 Å². The average molecular weight is 287 g/mol. The second kappa shape index (κ2) is 5.58. The minimum absolute atomic E-state index is 0.462. The lowest BCUT2D eigenvalue weighted by molar-refractivity contribution is 0.466. The summed E-state index contributed by atoms with van der Waals surface area (Å²) in [7, 11) is 0. The molecule has 6 heteroatoms. The van der Waals surface area contributed by atoms with Gasteiger partial charge in [0, 0.05) is 21.4 Å². The van der Waals surface area contributed by atoms with E-state index in [1.165, 1.54) is 11.8 Å². The van der Waals surface area contributed by atoms with E-state index in [4.69, 9.17) is 27.6 Å². The summed E-state index contributed by atoms with van der Waals surface area (Å²) < 4.78 is 5.46. The highest BCUT2D eigenvalue weighted by atomic mass is 35.5. The van der Waals surface area contributed by atoms with Crippen molar-refractivity contribution in [2.24, 2.45) is 0 Å². The average Bonchev–Trinajstić information content (AvgIpc) is 2.76. The fraction of sp³-hybridized carbons (Fsp3) is 0.0909. The maximum atomic E-state index is 5.79. The molecule has 0 N–H and O–H groups in total.